The molecule has 3 rings (SSSR count). The van der Waals surface area contributed by atoms with E-state index in [9.17, 15) is 9.18 Å². The maximum absolute atomic E-state index is 13.8. The zero-order valence-electron chi connectivity index (χ0n) is 13.8. The molecule has 0 bridgehead atoms. The number of halogens is 2. The Bertz CT molecular complexity index is 748. The van der Waals surface area contributed by atoms with Crippen LogP contribution in [0.4, 0.5) is 4.39 Å². The van der Waals surface area contributed by atoms with Crippen LogP contribution in [0.2, 0.25) is 0 Å². The third-order valence-electron chi connectivity index (χ3n) is 4.23. The van der Waals surface area contributed by atoms with Crippen LogP contribution in [0.25, 0.3) is 0 Å². The lowest BCUT2D eigenvalue weighted by Crippen LogP contribution is -2.36. The van der Waals surface area contributed by atoms with Crippen LogP contribution in [0.5, 0.6) is 0 Å². The minimum Gasteiger partial charge on any atom is -0.379 e. The first-order valence-electron chi connectivity index (χ1n) is 8.23. The highest BCUT2D eigenvalue weighted by Gasteiger charge is 2.15. The molecule has 0 unspecified atom stereocenters. The number of rotatable bonds is 5. The number of morpholine rings is 1. The second-order valence-corrected chi connectivity index (χ2v) is 6.88. The molecule has 0 saturated carbocycles. The Morgan fingerprint density at radius 1 is 1.16 bits per heavy atom. The summed E-state index contributed by atoms with van der Waals surface area (Å²) in [7, 11) is 0. The average Bonchev–Trinajstić information content (AvgIpc) is 2.63. The molecule has 6 heteroatoms. The molecule has 2 aromatic carbocycles. The number of nitrogens with zero attached hydrogens (tertiary/aromatic N) is 1. The fraction of sp³-hybridized carbons (Fsp3) is 0.316. The number of benzene rings is 2. The van der Waals surface area contributed by atoms with E-state index in [1.165, 1.54) is 17.7 Å². The van der Waals surface area contributed by atoms with Crippen LogP contribution >= 0.6 is 15.9 Å². The van der Waals surface area contributed by atoms with Crippen molar-refractivity contribution in [1.82, 2.24) is 10.2 Å². The molecule has 132 valence electrons. The SMILES string of the molecule is O=C(NCc1ccccc1CN1CCOCC1)c1cc(Br)ccc1F. The molecule has 1 saturated heterocycles. The largest absolute Gasteiger partial charge is 0.379 e. The normalized spacial score (nSPS) is 15.1. The molecule has 1 amide bonds. The molecule has 1 fully saturated rings. The minimum absolute atomic E-state index is 0.0417. The summed E-state index contributed by atoms with van der Waals surface area (Å²) in [5.74, 6) is -0.942. The number of hydrogen-bond acceptors (Lipinski definition) is 3. The lowest BCUT2D eigenvalue weighted by molar-refractivity contribution is 0.0340. The highest BCUT2D eigenvalue weighted by Crippen LogP contribution is 2.17. The van der Waals surface area contributed by atoms with Gasteiger partial charge in [0, 0.05) is 30.7 Å². The molecule has 1 N–H and O–H groups in total. The molecule has 1 aliphatic heterocycles. The van der Waals surface area contributed by atoms with Crippen LogP contribution < -0.4 is 5.32 Å². The number of ether oxygens (including phenoxy) is 1. The van der Waals surface area contributed by atoms with Crippen molar-refractivity contribution < 1.29 is 13.9 Å². The number of amides is 1. The summed E-state index contributed by atoms with van der Waals surface area (Å²) in [4.78, 5) is 14.6. The average molecular weight is 407 g/mol. The third-order valence-corrected chi connectivity index (χ3v) is 4.72. The molecule has 0 aromatic heterocycles. The van der Waals surface area contributed by atoms with Gasteiger partial charge in [0.2, 0.25) is 0 Å². The maximum Gasteiger partial charge on any atom is 0.254 e. The summed E-state index contributed by atoms with van der Waals surface area (Å²) < 4.78 is 19.9. The van der Waals surface area contributed by atoms with E-state index in [-0.39, 0.29) is 5.56 Å². The smallest absolute Gasteiger partial charge is 0.254 e. The van der Waals surface area contributed by atoms with Crippen molar-refractivity contribution in [2.45, 2.75) is 13.1 Å². The van der Waals surface area contributed by atoms with Crippen LogP contribution in [-0.4, -0.2) is 37.1 Å². The topological polar surface area (TPSA) is 41.6 Å². The van der Waals surface area contributed by atoms with Crippen molar-refractivity contribution in [3.63, 3.8) is 0 Å². The van der Waals surface area contributed by atoms with E-state index in [0.717, 1.165) is 38.4 Å². The fourth-order valence-corrected chi connectivity index (χ4v) is 3.19. The van der Waals surface area contributed by atoms with Gasteiger partial charge in [-0.3, -0.25) is 9.69 Å². The van der Waals surface area contributed by atoms with Crippen molar-refractivity contribution in [3.05, 3.63) is 69.4 Å². The first-order valence-corrected chi connectivity index (χ1v) is 9.03. The molecule has 4 nitrogen and oxygen atoms in total. The molecule has 1 heterocycles. The van der Waals surface area contributed by atoms with Crippen molar-refractivity contribution in [1.29, 1.82) is 0 Å². The van der Waals surface area contributed by atoms with Gasteiger partial charge in [-0.25, -0.2) is 4.39 Å². The van der Waals surface area contributed by atoms with Gasteiger partial charge in [-0.05, 0) is 29.3 Å². The summed E-state index contributed by atoms with van der Waals surface area (Å²) in [6.45, 7) is 4.50. The van der Waals surface area contributed by atoms with Crippen LogP contribution in [0.15, 0.2) is 46.9 Å². The summed E-state index contributed by atoms with van der Waals surface area (Å²) in [5, 5.41) is 2.82. The van der Waals surface area contributed by atoms with Crippen molar-refractivity contribution in [3.8, 4) is 0 Å². The molecule has 0 radical (unpaired) electrons. The van der Waals surface area contributed by atoms with E-state index in [1.54, 1.807) is 6.07 Å². The Labute approximate surface area is 155 Å². The zero-order valence-corrected chi connectivity index (χ0v) is 15.4. The van der Waals surface area contributed by atoms with Crippen LogP contribution in [0.3, 0.4) is 0 Å². The Morgan fingerprint density at radius 3 is 2.64 bits per heavy atom. The van der Waals surface area contributed by atoms with E-state index in [0.29, 0.717) is 11.0 Å². The van der Waals surface area contributed by atoms with Gasteiger partial charge in [0.15, 0.2) is 0 Å². The number of carbonyl (C=O) groups is 1. The molecular formula is C19H20BrFN2O2. The Morgan fingerprint density at radius 2 is 1.88 bits per heavy atom. The van der Waals surface area contributed by atoms with Gasteiger partial charge in [0.25, 0.3) is 5.91 Å². The molecule has 0 aliphatic carbocycles. The van der Waals surface area contributed by atoms with E-state index >= 15 is 0 Å². The quantitative estimate of drug-likeness (QED) is 0.827. The zero-order chi connectivity index (χ0) is 17.6. The first-order chi connectivity index (χ1) is 12.1. The standard InChI is InChI=1S/C19H20BrFN2O2/c20-16-5-6-18(21)17(11-16)19(24)22-12-14-3-1-2-4-15(14)13-23-7-9-25-10-8-23/h1-6,11H,7-10,12-13H2,(H,22,24). The highest BCUT2D eigenvalue weighted by atomic mass is 79.9. The molecule has 0 atom stereocenters. The molecule has 25 heavy (non-hydrogen) atoms. The number of nitrogens with one attached hydrogen (secondary N) is 1. The second kappa shape index (κ2) is 8.56. The third kappa shape index (κ3) is 4.87. The second-order valence-electron chi connectivity index (χ2n) is 5.96. The van der Waals surface area contributed by atoms with Gasteiger partial charge >= 0.3 is 0 Å². The fourth-order valence-electron chi connectivity index (χ4n) is 2.83. The Kier molecular flexibility index (Phi) is 6.18. The van der Waals surface area contributed by atoms with Gasteiger partial charge in [0.05, 0.1) is 18.8 Å². The predicted octanol–water partition coefficient (Wildman–Crippen LogP) is 3.35. The van der Waals surface area contributed by atoms with Gasteiger partial charge in [0.1, 0.15) is 5.82 Å². The summed E-state index contributed by atoms with van der Waals surface area (Å²) >= 11 is 3.27. The van der Waals surface area contributed by atoms with E-state index in [4.69, 9.17) is 4.74 Å². The van der Waals surface area contributed by atoms with E-state index in [1.807, 2.05) is 18.2 Å². The van der Waals surface area contributed by atoms with E-state index in [2.05, 4.69) is 32.2 Å². The summed E-state index contributed by atoms with van der Waals surface area (Å²) in [6.07, 6.45) is 0. The predicted molar refractivity (Wildman–Crippen MR) is 97.8 cm³/mol. The van der Waals surface area contributed by atoms with Gasteiger partial charge in [-0.15, -0.1) is 0 Å². The van der Waals surface area contributed by atoms with Gasteiger partial charge in [-0.1, -0.05) is 40.2 Å². The van der Waals surface area contributed by atoms with Crippen LogP contribution in [0.1, 0.15) is 21.5 Å². The lowest BCUT2D eigenvalue weighted by Gasteiger charge is -2.27. The van der Waals surface area contributed by atoms with E-state index < -0.39 is 11.7 Å². The van der Waals surface area contributed by atoms with Gasteiger partial charge < -0.3 is 10.1 Å². The molecule has 2 aromatic rings. The molecule has 0 spiro atoms. The lowest BCUT2D eigenvalue weighted by atomic mass is 10.1. The van der Waals surface area contributed by atoms with Crippen molar-refractivity contribution in [2.24, 2.45) is 0 Å². The van der Waals surface area contributed by atoms with Crippen LogP contribution in [-0.2, 0) is 17.8 Å². The first kappa shape index (κ1) is 18.0. The van der Waals surface area contributed by atoms with Gasteiger partial charge in [-0.2, -0.15) is 0 Å². The number of hydrogen-bond donors (Lipinski definition) is 1. The minimum atomic E-state index is -0.526. The molecule has 1 aliphatic rings. The monoisotopic (exact) mass is 406 g/mol. The highest BCUT2D eigenvalue weighted by molar-refractivity contribution is 9.10. The van der Waals surface area contributed by atoms with Crippen molar-refractivity contribution in [2.75, 3.05) is 26.3 Å². The summed E-state index contributed by atoms with van der Waals surface area (Å²) in [5.41, 5.74) is 2.25. The summed E-state index contributed by atoms with van der Waals surface area (Å²) in [6, 6.07) is 12.3. The number of carbonyl (C=O) groups excluding carboxylic acids is 1. The maximum atomic E-state index is 13.8. The van der Waals surface area contributed by atoms with Crippen LogP contribution in [0, 0.1) is 5.82 Å². The Balaban J connectivity index is 1.66. The molecular weight excluding hydrogens is 387 g/mol. The van der Waals surface area contributed by atoms with Crippen molar-refractivity contribution >= 4 is 21.8 Å². The Hall–Kier alpha value is -1.76.